The molecule has 1 aromatic rings. The van der Waals surface area contributed by atoms with Crippen LogP contribution in [0.25, 0.3) is 0 Å². The van der Waals surface area contributed by atoms with Crippen LogP contribution in [0.15, 0.2) is 24.3 Å². The van der Waals surface area contributed by atoms with E-state index in [1.165, 1.54) is 6.42 Å². The molecule has 1 atom stereocenters. The molecule has 0 aromatic heterocycles. The first-order valence-corrected chi connectivity index (χ1v) is 7.63. The molecule has 0 aliphatic carbocycles. The first-order valence-electron chi connectivity index (χ1n) is 7.63. The van der Waals surface area contributed by atoms with Gasteiger partial charge in [-0.1, -0.05) is 12.1 Å². The van der Waals surface area contributed by atoms with Crippen LogP contribution >= 0.6 is 0 Å². The molecule has 0 radical (unpaired) electrons. The molecule has 1 aromatic carbocycles. The highest BCUT2D eigenvalue weighted by atomic mass is 19.3. The minimum atomic E-state index is -2.76. The van der Waals surface area contributed by atoms with Gasteiger partial charge in [0.2, 0.25) is 0 Å². The summed E-state index contributed by atoms with van der Waals surface area (Å²) in [7, 11) is 0. The van der Waals surface area contributed by atoms with E-state index in [0.717, 1.165) is 44.6 Å². The molecule has 0 spiro atoms. The summed E-state index contributed by atoms with van der Waals surface area (Å²) in [6.07, 6.45) is 3.24. The van der Waals surface area contributed by atoms with Crippen molar-refractivity contribution in [2.24, 2.45) is 0 Å². The molecule has 0 saturated carbocycles. The van der Waals surface area contributed by atoms with E-state index in [9.17, 15) is 8.78 Å². The summed E-state index contributed by atoms with van der Waals surface area (Å²) >= 11 is 0. The highest BCUT2D eigenvalue weighted by molar-refractivity contribution is 5.27. The number of hydrogen-bond acceptors (Lipinski definition) is 3. The van der Waals surface area contributed by atoms with Gasteiger partial charge in [0.05, 0.1) is 0 Å². The van der Waals surface area contributed by atoms with Gasteiger partial charge in [-0.2, -0.15) is 8.78 Å². The molecule has 1 N–H and O–H groups in total. The maximum atomic E-state index is 12.1. The lowest BCUT2D eigenvalue weighted by Gasteiger charge is -2.27. The SMILES string of the molecule is CC(CCc1ccc(OC(F)F)cc1)N1CCCNCC1. The van der Waals surface area contributed by atoms with Crippen LogP contribution < -0.4 is 10.1 Å². The molecule has 21 heavy (non-hydrogen) atoms. The smallest absolute Gasteiger partial charge is 0.387 e. The van der Waals surface area contributed by atoms with Crippen LogP contribution in [0.5, 0.6) is 5.75 Å². The highest BCUT2D eigenvalue weighted by Crippen LogP contribution is 2.17. The quantitative estimate of drug-likeness (QED) is 0.874. The van der Waals surface area contributed by atoms with Gasteiger partial charge < -0.3 is 10.1 Å². The van der Waals surface area contributed by atoms with Crippen molar-refractivity contribution in [3.05, 3.63) is 29.8 Å². The Kier molecular flexibility index (Phi) is 6.39. The van der Waals surface area contributed by atoms with Gasteiger partial charge >= 0.3 is 6.61 Å². The molecule has 1 aliphatic rings. The van der Waals surface area contributed by atoms with Gasteiger partial charge in [0.1, 0.15) is 5.75 Å². The third-order valence-corrected chi connectivity index (χ3v) is 4.00. The Labute approximate surface area is 125 Å². The number of nitrogens with one attached hydrogen (secondary N) is 1. The predicted molar refractivity (Wildman–Crippen MR) is 79.9 cm³/mol. The number of hydrogen-bond donors (Lipinski definition) is 1. The summed E-state index contributed by atoms with van der Waals surface area (Å²) in [5.41, 5.74) is 1.16. The first-order chi connectivity index (χ1) is 10.1. The number of halogens is 2. The van der Waals surface area contributed by atoms with Crippen LogP contribution in [0.1, 0.15) is 25.3 Å². The van der Waals surface area contributed by atoms with E-state index in [2.05, 4.69) is 21.9 Å². The minimum absolute atomic E-state index is 0.223. The molecule has 118 valence electrons. The number of rotatable bonds is 6. The van der Waals surface area contributed by atoms with Crippen molar-refractivity contribution in [1.29, 1.82) is 0 Å². The maximum Gasteiger partial charge on any atom is 0.387 e. The van der Waals surface area contributed by atoms with Gasteiger partial charge in [0.15, 0.2) is 0 Å². The largest absolute Gasteiger partial charge is 0.435 e. The van der Waals surface area contributed by atoms with Crippen LogP contribution in [-0.2, 0) is 6.42 Å². The summed E-state index contributed by atoms with van der Waals surface area (Å²) in [4.78, 5) is 2.52. The second-order valence-electron chi connectivity index (χ2n) is 5.55. The molecule has 0 amide bonds. The van der Waals surface area contributed by atoms with Crippen molar-refractivity contribution >= 4 is 0 Å². The van der Waals surface area contributed by atoms with Gasteiger partial charge in [0.25, 0.3) is 0 Å². The fourth-order valence-corrected chi connectivity index (χ4v) is 2.70. The van der Waals surface area contributed by atoms with Crippen LogP contribution in [-0.4, -0.2) is 43.7 Å². The van der Waals surface area contributed by atoms with E-state index in [-0.39, 0.29) is 5.75 Å². The molecular formula is C16H24F2N2O. The molecule has 1 heterocycles. The Hall–Kier alpha value is -1.20. The molecular weight excluding hydrogens is 274 g/mol. The normalized spacial score (nSPS) is 18.5. The number of ether oxygens (including phenoxy) is 1. The molecule has 1 unspecified atom stereocenters. The zero-order valence-corrected chi connectivity index (χ0v) is 12.5. The summed E-state index contributed by atoms with van der Waals surface area (Å²) in [6, 6.07) is 7.51. The number of benzene rings is 1. The van der Waals surface area contributed by atoms with Crippen molar-refractivity contribution in [3.8, 4) is 5.75 Å². The molecule has 1 aliphatic heterocycles. The fourth-order valence-electron chi connectivity index (χ4n) is 2.70. The fraction of sp³-hybridized carbons (Fsp3) is 0.625. The zero-order valence-electron chi connectivity index (χ0n) is 12.5. The summed E-state index contributed by atoms with van der Waals surface area (Å²) < 4.78 is 28.5. The van der Waals surface area contributed by atoms with Gasteiger partial charge in [0, 0.05) is 19.1 Å². The molecule has 2 rings (SSSR count). The Morgan fingerprint density at radius 3 is 2.67 bits per heavy atom. The second kappa shape index (κ2) is 8.29. The Morgan fingerprint density at radius 1 is 1.19 bits per heavy atom. The molecule has 0 bridgehead atoms. The van der Waals surface area contributed by atoms with Gasteiger partial charge in [-0.3, -0.25) is 4.90 Å². The number of aryl methyl sites for hydroxylation is 1. The Morgan fingerprint density at radius 2 is 1.95 bits per heavy atom. The van der Waals surface area contributed by atoms with Crippen molar-refractivity contribution in [3.63, 3.8) is 0 Å². The molecule has 3 nitrogen and oxygen atoms in total. The summed E-state index contributed by atoms with van der Waals surface area (Å²) in [6.45, 7) is 3.92. The lowest BCUT2D eigenvalue weighted by Crippen LogP contribution is -2.36. The van der Waals surface area contributed by atoms with E-state index in [4.69, 9.17) is 0 Å². The molecule has 5 heteroatoms. The molecule has 1 fully saturated rings. The number of alkyl halides is 2. The van der Waals surface area contributed by atoms with Crippen molar-refractivity contribution < 1.29 is 13.5 Å². The standard InChI is InChI=1S/C16H24F2N2O/c1-13(20-11-2-9-19-10-12-20)3-4-14-5-7-15(8-6-14)21-16(17)18/h5-8,13,16,19H,2-4,9-12H2,1H3. The summed E-state index contributed by atoms with van der Waals surface area (Å²) in [5, 5.41) is 3.41. The first kappa shape index (κ1) is 16.2. The highest BCUT2D eigenvalue weighted by Gasteiger charge is 2.15. The third kappa shape index (κ3) is 5.59. The maximum absolute atomic E-state index is 12.1. The monoisotopic (exact) mass is 298 g/mol. The van der Waals surface area contributed by atoms with Gasteiger partial charge in [-0.05, 0) is 57.0 Å². The van der Waals surface area contributed by atoms with E-state index >= 15 is 0 Å². The minimum Gasteiger partial charge on any atom is -0.435 e. The average Bonchev–Trinajstić information content (AvgIpc) is 2.75. The Bertz CT molecular complexity index is 403. The van der Waals surface area contributed by atoms with Crippen molar-refractivity contribution in [2.45, 2.75) is 38.8 Å². The van der Waals surface area contributed by atoms with E-state index in [1.807, 2.05) is 12.1 Å². The van der Waals surface area contributed by atoms with Crippen molar-refractivity contribution in [2.75, 3.05) is 26.2 Å². The van der Waals surface area contributed by atoms with Crippen molar-refractivity contribution in [1.82, 2.24) is 10.2 Å². The van der Waals surface area contributed by atoms with Gasteiger partial charge in [-0.25, -0.2) is 0 Å². The topological polar surface area (TPSA) is 24.5 Å². The van der Waals surface area contributed by atoms with E-state index in [0.29, 0.717) is 6.04 Å². The average molecular weight is 298 g/mol. The third-order valence-electron chi connectivity index (χ3n) is 4.00. The van der Waals surface area contributed by atoms with Crippen LogP contribution in [0, 0.1) is 0 Å². The van der Waals surface area contributed by atoms with Gasteiger partial charge in [-0.15, -0.1) is 0 Å². The second-order valence-corrected chi connectivity index (χ2v) is 5.55. The van der Waals surface area contributed by atoms with Crippen LogP contribution in [0.3, 0.4) is 0 Å². The predicted octanol–water partition coefficient (Wildman–Crippen LogP) is 2.90. The zero-order chi connectivity index (χ0) is 15.1. The van der Waals surface area contributed by atoms with Crippen LogP contribution in [0.2, 0.25) is 0 Å². The lowest BCUT2D eigenvalue weighted by molar-refractivity contribution is -0.0498. The van der Waals surface area contributed by atoms with Crippen LogP contribution in [0.4, 0.5) is 8.78 Å². The lowest BCUT2D eigenvalue weighted by atomic mass is 10.0. The van der Waals surface area contributed by atoms with E-state index in [1.54, 1.807) is 12.1 Å². The summed E-state index contributed by atoms with van der Waals surface area (Å²) in [5.74, 6) is 0.223. The number of nitrogens with zero attached hydrogens (tertiary/aromatic N) is 1. The molecule has 1 saturated heterocycles. The van der Waals surface area contributed by atoms with E-state index < -0.39 is 6.61 Å². The Balaban J connectivity index is 1.78.